The smallest absolute Gasteiger partial charge is 0.0713 e. The van der Waals surface area contributed by atoms with Crippen molar-refractivity contribution in [2.75, 3.05) is 13.7 Å². The molecule has 19 heavy (non-hydrogen) atoms. The highest BCUT2D eigenvalue weighted by Gasteiger charge is 2.48. The SMILES string of the molecule is COCCn1ncc(Br)c1C(NN)C1CC2CC2C1. The lowest BCUT2D eigenvalue weighted by molar-refractivity contribution is 0.180. The Bertz CT molecular complexity index is 440. The number of ether oxygens (including phenoxy) is 1. The first-order valence-corrected chi connectivity index (χ1v) is 7.70. The van der Waals surface area contributed by atoms with Gasteiger partial charge in [-0.05, 0) is 52.9 Å². The van der Waals surface area contributed by atoms with E-state index in [-0.39, 0.29) is 6.04 Å². The van der Waals surface area contributed by atoms with Crippen molar-refractivity contribution in [3.8, 4) is 0 Å². The van der Waals surface area contributed by atoms with Crippen LogP contribution in [0, 0.1) is 17.8 Å². The Balaban J connectivity index is 1.79. The number of hydrazine groups is 1. The second kappa shape index (κ2) is 5.52. The van der Waals surface area contributed by atoms with Gasteiger partial charge in [-0.3, -0.25) is 16.0 Å². The molecule has 2 fully saturated rings. The van der Waals surface area contributed by atoms with Crippen molar-refractivity contribution in [2.45, 2.75) is 31.8 Å². The monoisotopic (exact) mass is 328 g/mol. The molecule has 0 radical (unpaired) electrons. The van der Waals surface area contributed by atoms with Gasteiger partial charge in [0.15, 0.2) is 0 Å². The highest BCUT2D eigenvalue weighted by Crippen LogP contribution is 2.57. The predicted octanol–water partition coefficient (Wildman–Crippen LogP) is 1.84. The maximum Gasteiger partial charge on any atom is 0.0713 e. The van der Waals surface area contributed by atoms with Gasteiger partial charge in [0.25, 0.3) is 0 Å². The topological polar surface area (TPSA) is 65.1 Å². The number of methoxy groups -OCH3 is 1. The van der Waals surface area contributed by atoms with Crippen LogP contribution in [-0.2, 0) is 11.3 Å². The van der Waals surface area contributed by atoms with E-state index in [1.54, 1.807) is 7.11 Å². The van der Waals surface area contributed by atoms with Gasteiger partial charge < -0.3 is 4.74 Å². The largest absolute Gasteiger partial charge is 0.383 e. The predicted molar refractivity (Wildman–Crippen MR) is 76.2 cm³/mol. The molecule has 0 spiro atoms. The fourth-order valence-electron chi connectivity index (χ4n) is 3.51. The fourth-order valence-corrected chi connectivity index (χ4v) is 4.05. The van der Waals surface area contributed by atoms with E-state index < -0.39 is 0 Å². The van der Waals surface area contributed by atoms with Crippen molar-refractivity contribution in [3.05, 3.63) is 16.4 Å². The van der Waals surface area contributed by atoms with Gasteiger partial charge in [-0.15, -0.1) is 0 Å². The van der Waals surface area contributed by atoms with Gasteiger partial charge in [-0.2, -0.15) is 5.10 Å². The number of hydrogen-bond donors (Lipinski definition) is 2. The van der Waals surface area contributed by atoms with Crippen LogP contribution in [0.25, 0.3) is 0 Å². The summed E-state index contributed by atoms with van der Waals surface area (Å²) in [6.45, 7) is 1.42. The summed E-state index contributed by atoms with van der Waals surface area (Å²) in [6, 6.07) is 0.182. The van der Waals surface area contributed by atoms with Crippen LogP contribution in [0.4, 0.5) is 0 Å². The first-order valence-electron chi connectivity index (χ1n) is 6.90. The van der Waals surface area contributed by atoms with E-state index in [2.05, 4.69) is 26.5 Å². The van der Waals surface area contributed by atoms with Gasteiger partial charge >= 0.3 is 0 Å². The molecule has 6 heteroatoms. The van der Waals surface area contributed by atoms with Crippen LogP contribution >= 0.6 is 15.9 Å². The normalized spacial score (nSPS) is 30.4. The van der Waals surface area contributed by atoms with Crippen LogP contribution in [0.15, 0.2) is 10.7 Å². The Morgan fingerprint density at radius 2 is 2.26 bits per heavy atom. The lowest BCUT2D eigenvalue weighted by Gasteiger charge is -2.25. The van der Waals surface area contributed by atoms with Gasteiger partial charge in [0.1, 0.15) is 0 Å². The highest BCUT2D eigenvalue weighted by atomic mass is 79.9. The van der Waals surface area contributed by atoms with Gasteiger partial charge in [0, 0.05) is 7.11 Å². The van der Waals surface area contributed by atoms with Gasteiger partial charge in [0.05, 0.1) is 35.6 Å². The minimum absolute atomic E-state index is 0.182. The molecule has 2 aliphatic carbocycles. The number of nitrogens with one attached hydrogen (secondary N) is 1. The molecule has 0 saturated heterocycles. The lowest BCUT2D eigenvalue weighted by Crippen LogP contribution is -2.35. The summed E-state index contributed by atoms with van der Waals surface area (Å²) in [5.41, 5.74) is 4.17. The van der Waals surface area contributed by atoms with Gasteiger partial charge in [0.2, 0.25) is 0 Å². The minimum atomic E-state index is 0.182. The van der Waals surface area contributed by atoms with Crippen LogP contribution in [0.2, 0.25) is 0 Å². The molecule has 3 N–H and O–H groups in total. The Hall–Kier alpha value is -0.430. The third-order valence-electron chi connectivity index (χ3n) is 4.57. The van der Waals surface area contributed by atoms with Crippen molar-refractivity contribution < 1.29 is 4.74 Å². The number of nitrogens with zero attached hydrogens (tertiary/aromatic N) is 2. The summed E-state index contributed by atoms with van der Waals surface area (Å²) in [6.07, 6.45) is 5.87. The number of halogens is 1. The summed E-state index contributed by atoms with van der Waals surface area (Å²) >= 11 is 3.60. The number of aromatic nitrogens is 2. The van der Waals surface area contributed by atoms with E-state index in [0.29, 0.717) is 12.5 Å². The van der Waals surface area contributed by atoms with E-state index in [4.69, 9.17) is 10.6 Å². The summed E-state index contributed by atoms with van der Waals surface area (Å²) in [7, 11) is 1.71. The fraction of sp³-hybridized carbons (Fsp3) is 0.769. The second-order valence-corrected chi connectivity index (χ2v) is 6.58. The van der Waals surface area contributed by atoms with Crippen molar-refractivity contribution in [2.24, 2.45) is 23.6 Å². The number of rotatable bonds is 6. The van der Waals surface area contributed by atoms with E-state index in [1.165, 1.54) is 19.3 Å². The van der Waals surface area contributed by atoms with Crippen LogP contribution < -0.4 is 11.3 Å². The van der Waals surface area contributed by atoms with Crippen LogP contribution in [0.5, 0.6) is 0 Å². The average Bonchev–Trinajstić information content (AvgIpc) is 2.86. The molecule has 3 rings (SSSR count). The zero-order valence-electron chi connectivity index (χ0n) is 11.2. The van der Waals surface area contributed by atoms with E-state index in [1.807, 2.05) is 10.9 Å². The molecule has 0 amide bonds. The molecule has 2 saturated carbocycles. The van der Waals surface area contributed by atoms with Crippen LogP contribution in [0.3, 0.4) is 0 Å². The lowest BCUT2D eigenvalue weighted by atomic mass is 9.92. The molecule has 1 heterocycles. The molecule has 2 aliphatic rings. The third-order valence-corrected chi connectivity index (χ3v) is 5.18. The maximum atomic E-state index is 5.83. The van der Waals surface area contributed by atoms with Crippen molar-refractivity contribution in [3.63, 3.8) is 0 Å². The Labute approximate surface area is 122 Å². The summed E-state index contributed by atoms with van der Waals surface area (Å²) in [5.74, 6) is 8.36. The molecule has 1 aromatic heterocycles. The molecule has 3 unspecified atom stereocenters. The molecule has 106 valence electrons. The van der Waals surface area contributed by atoms with E-state index in [0.717, 1.165) is 28.5 Å². The molecular formula is C13H21BrN4O. The van der Waals surface area contributed by atoms with Gasteiger partial charge in [-0.25, -0.2) is 0 Å². The van der Waals surface area contributed by atoms with Crippen molar-refractivity contribution >= 4 is 15.9 Å². The molecule has 1 aromatic rings. The Morgan fingerprint density at radius 3 is 2.89 bits per heavy atom. The molecule has 0 bridgehead atoms. The molecule has 0 aliphatic heterocycles. The molecule has 3 atom stereocenters. The number of hydrogen-bond acceptors (Lipinski definition) is 4. The quantitative estimate of drug-likeness (QED) is 0.617. The van der Waals surface area contributed by atoms with Crippen LogP contribution in [-0.4, -0.2) is 23.5 Å². The standard InChI is InChI=1S/C13H21BrN4O/c1-19-3-2-18-13(11(14)7-16-18)12(17-15)10-5-8-4-9(8)6-10/h7-10,12,17H,2-6,15H2,1H3. The first kappa shape index (κ1) is 13.5. The number of nitrogens with two attached hydrogens (primary N) is 1. The summed E-state index contributed by atoms with van der Waals surface area (Å²) in [4.78, 5) is 0. The summed E-state index contributed by atoms with van der Waals surface area (Å²) < 4.78 is 8.18. The first-order chi connectivity index (χ1) is 9.24. The van der Waals surface area contributed by atoms with E-state index in [9.17, 15) is 0 Å². The zero-order valence-corrected chi connectivity index (χ0v) is 12.8. The highest BCUT2D eigenvalue weighted by molar-refractivity contribution is 9.10. The van der Waals surface area contributed by atoms with Crippen molar-refractivity contribution in [1.82, 2.24) is 15.2 Å². The number of fused-ring (bicyclic) bond motifs is 1. The maximum absolute atomic E-state index is 5.83. The molecule has 0 aromatic carbocycles. The average molecular weight is 329 g/mol. The zero-order chi connectivity index (χ0) is 13.4. The Morgan fingerprint density at radius 1 is 1.53 bits per heavy atom. The second-order valence-electron chi connectivity index (χ2n) is 5.73. The Kier molecular flexibility index (Phi) is 3.93. The molecular weight excluding hydrogens is 308 g/mol. The minimum Gasteiger partial charge on any atom is -0.383 e. The van der Waals surface area contributed by atoms with E-state index >= 15 is 0 Å². The third kappa shape index (κ3) is 2.59. The van der Waals surface area contributed by atoms with Crippen LogP contribution in [0.1, 0.15) is 31.0 Å². The summed E-state index contributed by atoms with van der Waals surface area (Å²) in [5, 5.41) is 4.42. The van der Waals surface area contributed by atoms with Gasteiger partial charge in [-0.1, -0.05) is 0 Å². The molecule has 5 nitrogen and oxygen atoms in total. The van der Waals surface area contributed by atoms with Crippen molar-refractivity contribution in [1.29, 1.82) is 0 Å².